The Bertz CT molecular complexity index is 592. The predicted octanol–water partition coefficient (Wildman–Crippen LogP) is 2.84. The number of nitrogens with one attached hydrogen (secondary N) is 1. The molecular formula is C17H23NO3. The van der Waals surface area contributed by atoms with Gasteiger partial charge >= 0.3 is 5.97 Å². The van der Waals surface area contributed by atoms with Gasteiger partial charge in [-0.25, -0.2) is 0 Å². The average Bonchev–Trinajstić information content (AvgIpc) is 2.95. The Hall–Kier alpha value is -1.84. The van der Waals surface area contributed by atoms with Crippen molar-refractivity contribution in [1.29, 1.82) is 0 Å². The van der Waals surface area contributed by atoms with E-state index < -0.39 is 23.2 Å². The lowest BCUT2D eigenvalue weighted by molar-refractivity contribution is -0.140. The SMILES string of the molecule is Cc1ccc(C)c(C(C)NC(=O)C2C(C(=O)O)C2(C)C)c1. The van der Waals surface area contributed by atoms with Crippen LogP contribution >= 0.6 is 0 Å². The molecular weight excluding hydrogens is 266 g/mol. The molecule has 3 unspecified atom stereocenters. The van der Waals surface area contributed by atoms with Gasteiger partial charge in [0.15, 0.2) is 0 Å². The minimum Gasteiger partial charge on any atom is -0.481 e. The number of carboxylic acids is 1. The van der Waals surface area contributed by atoms with Crippen LogP contribution in [0.15, 0.2) is 18.2 Å². The van der Waals surface area contributed by atoms with Crippen LogP contribution < -0.4 is 5.32 Å². The highest BCUT2D eigenvalue weighted by Crippen LogP contribution is 2.58. The van der Waals surface area contributed by atoms with E-state index >= 15 is 0 Å². The molecule has 1 fully saturated rings. The van der Waals surface area contributed by atoms with E-state index in [0.29, 0.717) is 0 Å². The maximum Gasteiger partial charge on any atom is 0.307 e. The summed E-state index contributed by atoms with van der Waals surface area (Å²) in [4.78, 5) is 23.5. The number of aliphatic carboxylic acids is 1. The average molecular weight is 289 g/mol. The van der Waals surface area contributed by atoms with Crippen LogP contribution in [0.3, 0.4) is 0 Å². The molecule has 4 nitrogen and oxygen atoms in total. The smallest absolute Gasteiger partial charge is 0.307 e. The van der Waals surface area contributed by atoms with Gasteiger partial charge in [-0.3, -0.25) is 9.59 Å². The molecule has 1 aliphatic carbocycles. The van der Waals surface area contributed by atoms with Crippen LogP contribution in [0.4, 0.5) is 0 Å². The van der Waals surface area contributed by atoms with Crippen LogP contribution in [-0.2, 0) is 9.59 Å². The number of carboxylic acid groups (broad SMARTS) is 1. The summed E-state index contributed by atoms with van der Waals surface area (Å²) in [5, 5.41) is 12.1. The standard InChI is InChI=1S/C17H23NO3/c1-9-6-7-10(2)12(8-9)11(3)18-15(19)13-14(16(20)21)17(13,4)5/h6-8,11,13-14H,1-5H3,(H,18,19)(H,20,21). The van der Waals surface area contributed by atoms with E-state index in [4.69, 9.17) is 5.11 Å². The summed E-state index contributed by atoms with van der Waals surface area (Å²) in [5.41, 5.74) is 2.89. The third-order valence-corrected chi connectivity index (χ3v) is 4.64. The van der Waals surface area contributed by atoms with Crippen LogP contribution in [0.1, 0.15) is 43.5 Å². The van der Waals surface area contributed by atoms with Crippen molar-refractivity contribution in [1.82, 2.24) is 5.32 Å². The summed E-state index contributed by atoms with van der Waals surface area (Å²) in [6.45, 7) is 9.63. The molecule has 0 spiro atoms. The molecule has 1 aromatic rings. The summed E-state index contributed by atoms with van der Waals surface area (Å²) in [6.07, 6.45) is 0. The zero-order valence-electron chi connectivity index (χ0n) is 13.2. The second kappa shape index (κ2) is 5.17. The van der Waals surface area contributed by atoms with Crippen molar-refractivity contribution in [3.63, 3.8) is 0 Å². The van der Waals surface area contributed by atoms with Crippen LogP contribution in [0.25, 0.3) is 0 Å². The van der Waals surface area contributed by atoms with Crippen molar-refractivity contribution in [3.8, 4) is 0 Å². The van der Waals surface area contributed by atoms with Crippen molar-refractivity contribution < 1.29 is 14.7 Å². The molecule has 2 rings (SSSR count). The van der Waals surface area contributed by atoms with Gasteiger partial charge < -0.3 is 10.4 Å². The Balaban J connectivity index is 2.10. The Labute approximate surface area is 125 Å². The molecule has 0 bridgehead atoms. The first-order valence-electron chi connectivity index (χ1n) is 7.26. The molecule has 114 valence electrons. The van der Waals surface area contributed by atoms with Gasteiger partial charge in [-0.05, 0) is 37.3 Å². The second-order valence-electron chi connectivity index (χ2n) is 6.71. The number of hydrogen-bond acceptors (Lipinski definition) is 2. The van der Waals surface area contributed by atoms with Gasteiger partial charge in [-0.2, -0.15) is 0 Å². The lowest BCUT2D eigenvalue weighted by Gasteiger charge is -2.18. The molecule has 1 aliphatic rings. The van der Waals surface area contributed by atoms with Crippen LogP contribution in [0.5, 0.6) is 0 Å². The Kier molecular flexibility index (Phi) is 3.83. The summed E-state index contributed by atoms with van der Waals surface area (Å²) in [5.74, 6) is -2.08. The van der Waals surface area contributed by atoms with Crippen LogP contribution in [0, 0.1) is 31.1 Å². The topological polar surface area (TPSA) is 66.4 Å². The highest BCUT2D eigenvalue weighted by Gasteiger charge is 2.65. The molecule has 0 aromatic heterocycles. The molecule has 21 heavy (non-hydrogen) atoms. The van der Waals surface area contributed by atoms with Gasteiger partial charge in [0.05, 0.1) is 17.9 Å². The minimum atomic E-state index is -0.889. The fourth-order valence-corrected chi connectivity index (χ4v) is 3.20. The third kappa shape index (κ3) is 2.80. The van der Waals surface area contributed by atoms with Crippen molar-refractivity contribution >= 4 is 11.9 Å². The minimum absolute atomic E-state index is 0.122. The van der Waals surface area contributed by atoms with Crippen molar-refractivity contribution in [2.24, 2.45) is 17.3 Å². The Morgan fingerprint density at radius 3 is 2.38 bits per heavy atom. The third-order valence-electron chi connectivity index (χ3n) is 4.64. The highest BCUT2D eigenvalue weighted by molar-refractivity contribution is 5.91. The maximum atomic E-state index is 12.3. The number of carbonyl (C=O) groups is 2. The molecule has 0 saturated heterocycles. The number of carbonyl (C=O) groups excluding carboxylic acids is 1. The quantitative estimate of drug-likeness (QED) is 0.895. The molecule has 0 aliphatic heterocycles. The predicted molar refractivity (Wildman–Crippen MR) is 80.9 cm³/mol. The van der Waals surface area contributed by atoms with E-state index in [-0.39, 0.29) is 11.9 Å². The zero-order valence-corrected chi connectivity index (χ0v) is 13.2. The fourth-order valence-electron chi connectivity index (χ4n) is 3.20. The van der Waals surface area contributed by atoms with E-state index in [1.54, 1.807) is 0 Å². The van der Waals surface area contributed by atoms with Crippen molar-refractivity contribution in [2.75, 3.05) is 0 Å². The molecule has 0 heterocycles. The number of benzene rings is 1. The Morgan fingerprint density at radius 1 is 1.24 bits per heavy atom. The zero-order chi connectivity index (χ0) is 15.9. The molecule has 1 amide bonds. The number of hydrogen-bond donors (Lipinski definition) is 2. The molecule has 0 radical (unpaired) electrons. The van der Waals surface area contributed by atoms with Gasteiger partial charge in [0.2, 0.25) is 5.91 Å². The first kappa shape index (κ1) is 15.5. The van der Waals surface area contributed by atoms with Crippen molar-refractivity contribution in [3.05, 3.63) is 34.9 Å². The second-order valence-corrected chi connectivity index (χ2v) is 6.71. The van der Waals surface area contributed by atoms with Gasteiger partial charge in [0, 0.05) is 0 Å². The van der Waals surface area contributed by atoms with E-state index in [9.17, 15) is 9.59 Å². The number of aryl methyl sites for hydroxylation is 2. The highest BCUT2D eigenvalue weighted by atomic mass is 16.4. The first-order valence-corrected chi connectivity index (χ1v) is 7.26. The lowest BCUT2D eigenvalue weighted by Crippen LogP contribution is -2.30. The Morgan fingerprint density at radius 2 is 1.86 bits per heavy atom. The first-order chi connectivity index (χ1) is 9.66. The fraction of sp³-hybridized carbons (Fsp3) is 0.529. The largest absolute Gasteiger partial charge is 0.481 e. The van der Waals surface area contributed by atoms with E-state index in [0.717, 1.165) is 16.7 Å². The van der Waals surface area contributed by atoms with Crippen LogP contribution in [-0.4, -0.2) is 17.0 Å². The van der Waals surface area contributed by atoms with Gasteiger partial charge in [-0.15, -0.1) is 0 Å². The van der Waals surface area contributed by atoms with E-state index in [1.807, 2.05) is 46.8 Å². The summed E-state index contributed by atoms with van der Waals surface area (Å²) in [6, 6.07) is 6.02. The summed E-state index contributed by atoms with van der Waals surface area (Å²) < 4.78 is 0. The number of rotatable bonds is 4. The summed E-state index contributed by atoms with van der Waals surface area (Å²) >= 11 is 0. The van der Waals surface area contributed by atoms with Crippen molar-refractivity contribution in [2.45, 2.75) is 40.7 Å². The van der Waals surface area contributed by atoms with Gasteiger partial charge in [0.25, 0.3) is 0 Å². The van der Waals surface area contributed by atoms with E-state index in [2.05, 4.69) is 11.4 Å². The van der Waals surface area contributed by atoms with Gasteiger partial charge in [-0.1, -0.05) is 37.6 Å². The summed E-state index contributed by atoms with van der Waals surface area (Å²) in [7, 11) is 0. The van der Waals surface area contributed by atoms with E-state index in [1.165, 1.54) is 0 Å². The molecule has 1 saturated carbocycles. The normalized spacial score (nSPS) is 24.2. The molecule has 1 aromatic carbocycles. The molecule has 4 heteroatoms. The number of amides is 1. The van der Waals surface area contributed by atoms with Crippen LogP contribution in [0.2, 0.25) is 0 Å². The maximum absolute atomic E-state index is 12.3. The molecule has 3 atom stereocenters. The molecule has 2 N–H and O–H groups in total. The lowest BCUT2D eigenvalue weighted by atomic mass is 9.99. The monoisotopic (exact) mass is 289 g/mol. The van der Waals surface area contributed by atoms with Gasteiger partial charge in [0.1, 0.15) is 0 Å².